The fourth-order valence-corrected chi connectivity index (χ4v) is 4.53. The van der Waals surface area contributed by atoms with Crippen molar-refractivity contribution in [3.05, 3.63) is 102 Å². The standard InChI is InChI=1S/C30H31N3O4/c1-22-28(21-32(20-27-14-9-19-36-27)29(34)23-10-5-3-6-11-23)30(33(31-22)24-12-7-4-8-13-24)37-26-17-15-25(35-2)16-18-26/h3-8,10-13,15-18,27H,9,14,19-21H2,1-2H3/t27-/m1/s1. The lowest BCUT2D eigenvalue weighted by molar-refractivity contribution is 0.0505. The molecule has 7 nitrogen and oxygen atoms in total. The zero-order valence-corrected chi connectivity index (χ0v) is 21.2. The van der Waals surface area contributed by atoms with Gasteiger partial charge in [-0.2, -0.15) is 5.10 Å². The van der Waals surface area contributed by atoms with Gasteiger partial charge in [0.1, 0.15) is 11.5 Å². The van der Waals surface area contributed by atoms with Gasteiger partial charge in [-0.05, 0) is 68.3 Å². The zero-order valence-electron chi connectivity index (χ0n) is 21.2. The van der Waals surface area contributed by atoms with Crippen LogP contribution in [0.3, 0.4) is 0 Å². The number of nitrogens with zero attached hydrogens (tertiary/aromatic N) is 3. The molecule has 1 aliphatic heterocycles. The fraction of sp³-hybridized carbons (Fsp3) is 0.267. The van der Waals surface area contributed by atoms with Crippen LogP contribution in [0.5, 0.6) is 17.4 Å². The molecule has 1 saturated heterocycles. The highest BCUT2D eigenvalue weighted by Crippen LogP contribution is 2.33. The maximum absolute atomic E-state index is 13.7. The summed E-state index contributed by atoms with van der Waals surface area (Å²) in [5.74, 6) is 1.93. The molecule has 0 radical (unpaired) electrons. The second-order valence-electron chi connectivity index (χ2n) is 9.08. The second-order valence-corrected chi connectivity index (χ2v) is 9.08. The van der Waals surface area contributed by atoms with Gasteiger partial charge in [-0.3, -0.25) is 4.79 Å². The summed E-state index contributed by atoms with van der Waals surface area (Å²) in [6.07, 6.45) is 1.97. The lowest BCUT2D eigenvalue weighted by atomic mass is 10.1. The Labute approximate surface area is 217 Å². The van der Waals surface area contributed by atoms with Crippen LogP contribution in [0, 0.1) is 6.92 Å². The number of benzene rings is 3. The monoisotopic (exact) mass is 497 g/mol. The van der Waals surface area contributed by atoms with Crippen LogP contribution in [0.25, 0.3) is 5.69 Å². The molecule has 2 heterocycles. The Morgan fingerprint density at radius 2 is 1.68 bits per heavy atom. The Morgan fingerprint density at radius 1 is 1.00 bits per heavy atom. The Kier molecular flexibility index (Phi) is 7.51. The van der Waals surface area contributed by atoms with Gasteiger partial charge in [0.05, 0.1) is 36.7 Å². The molecule has 1 fully saturated rings. The number of ether oxygens (including phenoxy) is 3. The molecule has 0 aliphatic carbocycles. The number of amides is 1. The number of para-hydroxylation sites is 1. The minimum Gasteiger partial charge on any atom is -0.497 e. The maximum Gasteiger partial charge on any atom is 0.254 e. The summed E-state index contributed by atoms with van der Waals surface area (Å²) in [5.41, 5.74) is 3.17. The quantitative estimate of drug-likeness (QED) is 0.292. The molecule has 1 aromatic heterocycles. The molecule has 0 spiro atoms. The van der Waals surface area contributed by atoms with Gasteiger partial charge in [0.15, 0.2) is 0 Å². The Hall–Kier alpha value is -4.10. The molecule has 0 N–H and O–H groups in total. The molecule has 190 valence electrons. The summed E-state index contributed by atoms with van der Waals surface area (Å²) in [5, 5.41) is 4.83. The van der Waals surface area contributed by atoms with Crippen LogP contribution in [0.2, 0.25) is 0 Å². The maximum atomic E-state index is 13.7. The van der Waals surface area contributed by atoms with E-state index in [1.54, 1.807) is 11.8 Å². The van der Waals surface area contributed by atoms with Gasteiger partial charge in [0.25, 0.3) is 5.91 Å². The Bertz CT molecular complexity index is 1310. The fourth-order valence-electron chi connectivity index (χ4n) is 4.53. The van der Waals surface area contributed by atoms with E-state index in [2.05, 4.69) is 0 Å². The largest absolute Gasteiger partial charge is 0.497 e. The van der Waals surface area contributed by atoms with Crippen molar-refractivity contribution in [2.24, 2.45) is 0 Å². The van der Waals surface area contributed by atoms with Gasteiger partial charge in [-0.15, -0.1) is 0 Å². The van der Waals surface area contributed by atoms with Gasteiger partial charge in [0.2, 0.25) is 5.88 Å². The number of methoxy groups -OCH3 is 1. The molecule has 37 heavy (non-hydrogen) atoms. The van der Waals surface area contributed by atoms with E-state index in [1.165, 1.54) is 0 Å². The molecular weight excluding hydrogens is 466 g/mol. The minimum absolute atomic E-state index is 0.0168. The third kappa shape index (κ3) is 5.67. The van der Waals surface area contributed by atoms with Crippen molar-refractivity contribution in [1.29, 1.82) is 0 Å². The summed E-state index contributed by atoms with van der Waals surface area (Å²) < 4.78 is 19.4. The van der Waals surface area contributed by atoms with Crippen molar-refractivity contribution in [1.82, 2.24) is 14.7 Å². The molecule has 3 aromatic carbocycles. The van der Waals surface area contributed by atoms with E-state index in [1.807, 2.05) is 96.8 Å². The SMILES string of the molecule is COc1ccc(Oc2c(CN(C[C@H]3CCCO3)C(=O)c3ccccc3)c(C)nn2-c2ccccc2)cc1. The number of aromatic nitrogens is 2. The molecule has 5 rings (SSSR count). The molecule has 1 aliphatic rings. The van der Waals surface area contributed by atoms with E-state index in [9.17, 15) is 4.79 Å². The van der Waals surface area contributed by atoms with E-state index in [0.29, 0.717) is 30.3 Å². The summed E-state index contributed by atoms with van der Waals surface area (Å²) in [4.78, 5) is 15.5. The summed E-state index contributed by atoms with van der Waals surface area (Å²) in [7, 11) is 1.63. The van der Waals surface area contributed by atoms with Crippen molar-refractivity contribution in [3.8, 4) is 23.1 Å². The first-order valence-electron chi connectivity index (χ1n) is 12.5. The number of carbonyl (C=O) groups is 1. The van der Waals surface area contributed by atoms with Crippen LogP contribution in [-0.2, 0) is 11.3 Å². The summed E-state index contributed by atoms with van der Waals surface area (Å²) in [6, 6.07) is 26.7. The Balaban J connectivity index is 1.53. The zero-order chi connectivity index (χ0) is 25.6. The lowest BCUT2D eigenvalue weighted by Crippen LogP contribution is -2.37. The van der Waals surface area contributed by atoms with E-state index in [4.69, 9.17) is 19.3 Å². The van der Waals surface area contributed by atoms with E-state index in [0.717, 1.165) is 42.1 Å². The molecule has 1 atom stereocenters. The highest BCUT2D eigenvalue weighted by atomic mass is 16.5. The molecular formula is C30H31N3O4. The van der Waals surface area contributed by atoms with Crippen LogP contribution in [0.15, 0.2) is 84.9 Å². The van der Waals surface area contributed by atoms with Crippen molar-refractivity contribution < 1.29 is 19.0 Å². The minimum atomic E-state index is -0.0432. The van der Waals surface area contributed by atoms with Gasteiger partial charge in [0, 0.05) is 18.7 Å². The third-order valence-electron chi connectivity index (χ3n) is 6.52. The highest BCUT2D eigenvalue weighted by molar-refractivity contribution is 5.94. The molecule has 4 aromatic rings. The van der Waals surface area contributed by atoms with Crippen LogP contribution in [0.4, 0.5) is 0 Å². The van der Waals surface area contributed by atoms with Crippen LogP contribution < -0.4 is 9.47 Å². The summed E-state index contributed by atoms with van der Waals surface area (Å²) >= 11 is 0. The summed E-state index contributed by atoms with van der Waals surface area (Å²) in [6.45, 7) is 3.53. The normalized spacial score (nSPS) is 14.9. The van der Waals surface area contributed by atoms with Crippen molar-refractivity contribution in [3.63, 3.8) is 0 Å². The van der Waals surface area contributed by atoms with E-state index < -0.39 is 0 Å². The van der Waals surface area contributed by atoms with Gasteiger partial charge in [-0.25, -0.2) is 4.68 Å². The highest BCUT2D eigenvalue weighted by Gasteiger charge is 2.27. The van der Waals surface area contributed by atoms with Crippen LogP contribution >= 0.6 is 0 Å². The van der Waals surface area contributed by atoms with Gasteiger partial charge < -0.3 is 19.1 Å². The first-order valence-corrected chi connectivity index (χ1v) is 12.5. The lowest BCUT2D eigenvalue weighted by Gasteiger charge is -2.26. The molecule has 0 unspecified atom stereocenters. The molecule has 1 amide bonds. The van der Waals surface area contributed by atoms with Crippen molar-refractivity contribution in [2.75, 3.05) is 20.3 Å². The average Bonchev–Trinajstić information content (AvgIpc) is 3.57. The number of carbonyl (C=O) groups excluding carboxylic acids is 1. The van der Waals surface area contributed by atoms with Crippen molar-refractivity contribution >= 4 is 5.91 Å². The molecule has 0 saturated carbocycles. The predicted molar refractivity (Wildman–Crippen MR) is 142 cm³/mol. The Morgan fingerprint density at radius 3 is 2.32 bits per heavy atom. The van der Waals surface area contributed by atoms with Gasteiger partial charge >= 0.3 is 0 Å². The van der Waals surface area contributed by atoms with E-state index in [-0.39, 0.29) is 12.0 Å². The number of hydrogen-bond donors (Lipinski definition) is 0. The molecule has 0 bridgehead atoms. The molecule has 7 heteroatoms. The number of hydrogen-bond acceptors (Lipinski definition) is 5. The average molecular weight is 498 g/mol. The van der Waals surface area contributed by atoms with Crippen LogP contribution in [-0.4, -0.2) is 47.0 Å². The van der Waals surface area contributed by atoms with E-state index >= 15 is 0 Å². The van der Waals surface area contributed by atoms with Crippen molar-refractivity contribution in [2.45, 2.75) is 32.4 Å². The first-order chi connectivity index (χ1) is 18.1. The number of rotatable bonds is 9. The predicted octanol–water partition coefficient (Wildman–Crippen LogP) is 5.80. The third-order valence-corrected chi connectivity index (χ3v) is 6.52. The second kappa shape index (κ2) is 11.3. The van der Waals surface area contributed by atoms with Gasteiger partial charge in [-0.1, -0.05) is 36.4 Å². The van der Waals surface area contributed by atoms with Crippen LogP contribution in [0.1, 0.15) is 34.5 Å². The first kappa shape index (κ1) is 24.6. The number of aryl methyl sites for hydroxylation is 1. The topological polar surface area (TPSA) is 65.8 Å². The smallest absolute Gasteiger partial charge is 0.254 e.